The third kappa shape index (κ3) is 3.72. The Hall–Kier alpha value is -0.650. The van der Waals surface area contributed by atoms with E-state index in [4.69, 9.17) is 5.11 Å². The van der Waals surface area contributed by atoms with Crippen LogP contribution < -0.4 is 0 Å². The van der Waals surface area contributed by atoms with Gasteiger partial charge in [-0.1, -0.05) is 26.8 Å². The van der Waals surface area contributed by atoms with Crippen molar-refractivity contribution in [2.75, 3.05) is 23.9 Å². The van der Waals surface area contributed by atoms with E-state index in [0.29, 0.717) is 23.3 Å². The lowest BCUT2D eigenvalue weighted by molar-refractivity contribution is 0.296. The Bertz CT molecular complexity index is 637. The second kappa shape index (κ2) is 7.08. The maximum absolute atomic E-state index is 14.7. The summed E-state index contributed by atoms with van der Waals surface area (Å²) in [6.45, 7) is 8.56. The number of hydrogen-bond acceptors (Lipinski definition) is 4. The van der Waals surface area contributed by atoms with Gasteiger partial charge in [-0.3, -0.25) is 9.19 Å². The van der Waals surface area contributed by atoms with Crippen molar-refractivity contribution in [2.24, 2.45) is 11.8 Å². The van der Waals surface area contributed by atoms with Gasteiger partial charge >= 0.3 is 0 Å². The van der Waals surface area contributed by atoms with Crippen LogP contribution in [0.1, 0.15) is 32.9 Å². The molecule has 1 aliphatic heterocycles. The number of aryl methyl sites for hydroxylation is 1. The van der Waals surface area contributed by atoms with Gasteiger partial charge in [0.15, 0.2) is 0 Å². The average Bonchev–Trinajstić information content (AvgIpc) is 2.71. The third-order valence-electron chi connectivity index (χ3n) is 4.17. The van der Waals surface area contributed by atoms with E-state index in [1.807, 2.05) is 25.3 Å². The van der Waals surface area contributed by atoms with Gasteiger partial charge in [0.1, 0.15) is 0 Å². The van der Waals surface area contributed by atoms with Crippen LogP contribution >= 0.6 is 11.8 Å². The Morgan fingerprint density at radius 1 is 1.43 bits per heavy atom. The maximum Gasteiger partial charge on any atom is 0.0505 e. The molecule has 0 saturated carbocycles. The minimum atomic E-state index is -3.10. The number of thioether (sulfide) groups is 1. The van der Waals surface area contributed by atoms with Gasteiger partial charge < -0.3 is 5.11 Å². The number of nitrogens with zero attached hydrogens (tertiary/aromatic N) is 1. The van der Waals surface area contributed by atoms with Crippen molar-refractivity contribution in [1.29, 1.82) is 0 Å². The molecule has 0 spiro atoms. The predicted molar refractivity (Wildman–Crippen MR) is 101 cm³/mol. The minimum Gasteiger partial charge on any atom is -0.396 e. The summed E-state index contributed by atoms with van der Waals surface area (Å²) in [6, 6.07) is 3.98. The lowest BCUT2D eigenvalue weighted by Crippen LogP contribution is -2.41. The number of pyridine rings is 1. The highest BCUT2D eigenvalue weighted by atomic mass is 32.3. The van der Waals surface area contributed by atoms with Crippen LogP contribution in [0.3, 0.4) is 0 Å². The fourth-order valence-corrected chi connectivity index (χ4v) is 11.2. The van der Waals surface area contributed by atoms with Gasteiger partial charge in [-0.05, 0) is 46.4 Å². The molecule has 2 rings (SSSR count). The fourth-order valence-electron chi connectivity index (χ4n) is 3.40. The Kier molecular flexibility index (Phi) is 5.75. The first kappa shape index (κ1) is 18.7. The molecule has 0 fully saturated rings. The SMILES string of the molecule is Cc1ccc(S2(=O)(CC(C)C)CC(C)C=C2SCCCO)cn1. The monoisotopic (exact) mass is 355 g/mol. The van der Waals surface area contributed by atoms with Crippen molar-refractivity contribution < 1.29 is 9.32 Å². The van der Waals surface area contributed by atoms with E-state index in [9.17, 15) is 4.21 Å². The molecule has 0 aliphatic carbocycles. The number of allylic oxidation sites excluding steroid dienone is 1. The lowest BCUT2D eigenvalue weighted by Gasteiger charge is -2.43. The molecule has 5 heteroatoms. The van der Waals surface area contributed by atoms with Gasteiger partial charge in [0.25, 0.3) is 0 Å². The Labute approximate surface area is 144 Å². The van der Waals surface area contributed by atoms with Crippen molar-refractivity contribution in [1.82, 2.24) is 4.98 Å². The topological polar surface area (TPSA) is 50.2 Å². The van der Waals surface area contributed by atoms with Crippen molar-refractivity contribution in [3.05, 3.63) is 34.3 Å². The quantitative estimate of drug-likeness (QED) is 0.755. The molecule has 23 heavy (non-hydrogen) atoms. The highest BCUT2D eigenvalue weighted by Crippen LogP contribution is 2.54. The van der Waals surface area contributed by atoms with E-state index in [-0.39, 0.29) is 6.61 Å². The number of rotatable bonds is 7. The van der Waals surface area contributed by atoms with Gasteiger partial charge in [0.2, 0.25) is 0 Å². The number of aromatic nitrogens is 1. The molecule has 0 aromatic carbocycles. The normalized spacial score (nSPS) is 24.2. The molecule has 0 saturated heterocycles. The van der Waals surface area contributed by atoms with Crippen LogP contribution in [0, 0.1) is 18.8 Å². The van der Waals surface area contributed by atoms with Crippen LogP contribution in [-0.2, 0) is 9.07 Å². The zero-order valence-corrected chi connectivity index (χ0v) is 16.3. The van der Waals surface area contributed by atoms with Gasteiger partial charge in [-0.25, -0.2) is 0 Å². The second-order valence-electron chi connectivity index (χ2n) is 7.04. The number of aliphatic hydroxyl groups is 1. The molecular weight excluding hydrogens is 326 g/mol. The molecule has 1 unspecified atom stereocenters. The fraction of sp³-hybridized carbons (Fsp3) is 0.611. The van der Waals surface area contributed by atoms with Crippen molar-refractivity contribution >= 4 is 20.8 Å². The summed E-state index contributed by atoms with van der Waals surface area (Å²) in [5, 5.41) is 9.07. The molecule has 1 aromatic heterocycles. The zero-order chi connectivity index (χ0) is 17.1. The highest BCUT2D eigenvalue weighted by molar-refractivity contribution is 8.34. The smallest absolute Gasteiger partial charge is 0.0505 e. The molecule has 0 radical (unpaired) electrons. The predicted octanol–water partition coefficient (Wildman–Crippen LogP) is 3.83. The number of aliphatic hydroxyl groups excluding tert-OH is 1. The van der Waals surface area contributed by atoms with Crippen LogP contribution in [0.15, 0.2) is 33.5 Å². The standard InChI is InChI=1S/C18H29NO2S2/c1-14(2)12-23(21,17-7-6-16(4)19-11-17)13-15(3)10-18(23)22-9-5-8-20/h6-7,10-11,14-15,20H,5,8-9,12-13H2,1-4H3. The summed E-state index contributed by atoms with van der Waals surface area (Å²) in [4.78, 5) is 5.32. The molecule has 130 valence electrons. The van der Waals surface area contributed by atoms with Gasteiger partial charge in [-0.15, -0.1) is 11.8 Å². The molecule has 0 amide bonds. The zero-order valence-electron chi connectivity index (χ0n) is 14.6. The van der Waals surface area contributed by atoms with Crippen molar-refractivity contribution in [3.63, 3.8) is 0 Å². The highest BCUT2D eigenvalue weighted by Gasteiger charge is 2.48. The Morgan fingerprint density at radius 3 is 2.74 bits per heavy atom. The van der Waals surface area contributed by atoms with E-state index in [1.54, 1.807) is 11.8 Å². The first-order chi connectivity index (χ1) is 10.8. The van der Waals surface area contributed by atoms with Crippen molar-refractivity contribution in [3.8, 4) is 0 Å². The molecule has 1 aliphatic rings. The molecule has 1 N–H and O–H groups in total. The minimum absolute atomic E-state index is 0.179. The van der Waals surface area contributed by atoms with E-state index >= 15 is 0 Å². The molecule has 0 bridgehead atoms. The lowest BCUT2D eigenvalue weighted by atomic mass is 10.2. The van der Waals surface area contributed by atoms with Crippen molar-refractivity contribution in [2.45, 2.75) is 39.0 Å². The average molecular weight is 356 g/mol. The first-order valence-electron chi connectivity index (χ1n) is 8.31. The summed E-state index contributed by atoms with van der Waals surface area (Å²) in [6.07, 6.45) is 4.75. The van der Waals surface area contributed by atoms with Crippen LogP contribution in [0.4, 0.5) is 0 Å². The molecule has 2 heterocycles. The van der Waals surface area contributed by atoms with Crippen LogP contribution in [0.5, 0.6) is 0 Å². The summed E-state index contributed by atoms with van der Waals surface area (Å²) >= 11 is 1.67. The van der Waals surface area contributed by atoms with Gasteiger partial charge in [0, 0.05) is 40.7 Å². The van der Waals surface area contributed by atoms with Gasteiger partial charge in [0.05, 0.1) is 4.24 Å². The van der Waals surface area contributed by atoms with Gasteiger partial charge in [-0.2, -0.15) is 0 Å². The van der Waals surface area contributed by atoms with E-state index in [2.05, 4.69) is 31.8 Å². The van der Waals surface area contributed by atoms with Crippen LogP contribution in [-0.4, -0.2) is 38.2 Å². The molecular formula is C18H29NO2S2. The second-order valence-corrected chi connectivity index (χ2v) is 12.6. The number of hydrogen-bond donors (Lipinski definition) is 1. The largest absolute Gasteiger partial charge is 0.396 e. The summed E-state index contributed by atoms with van der Waals surface area (Å²) in [5.41, 5.74) is 0.949. The maximum atomic E-state index is 14.7. The van der Waals surface area contributed by atoms with E-state index in [0.717, 1.165) is 27.0 Å². The molecule has 1 atom stereocenters. The molecule has 3 nitrogen and oxygen atoms in total. The van der Waals surface area contributed by atoms with E-state index in [1.165, 1.54) is 0 Å². The third-order valence-corrected chi connectivity index (χ3v) is 11.6. The summed E-state index contributed by atoms with van der Waals surface area (Å²) < 4.78 is 15.7. The summed E-state index contributed by atoms with van der Waals surface area (Å²) in [5.74, 6) is 2.85. The van der Waals surface area contributed by atoms with Crippen LogP contribution in [0.2, 0.25) is 0 Å². The Balaban J connectivity index is 2.51. The Morgan fingerprint density at radius 2 is 2.17 bits per heavy atom. The summed E-state index contributed by atoms with van der Waals surface area (Å²) in [7, 11) is -3.10. The van der Waals surface area contributed by atoms with Crippen LogP contribution in [0.25, 0.3) is 0 Å². The first-order valence-corrected chi connectivity index (χ1v) is 11.6. The molecule has 1 aromatic rings. The van der Waals surface area contributed by atoms with E-state index < -0.39 is 9.07 Å².